The normalized spacial score (nSPS) is 11.9. The molecule has 2 aromatic rings. The summed E-state index contributed by atoms with van der Waals surface area (Å²) in [5.41, 5.74) is 8.35. The van der Waals surface area contributed by atoms with Crippen molar-refractivity contribution >= 4 is 0 Å². The molecule has 100 valence electrons. The minimum atomic E-state index is -0.0935. The fraction of sp³-hybridized carbons (Fsp3) is 0.267. The lowest BCUT2D eigenvalue weighted by Gasteiger charge is -2.15. The van der Waals surface area contributed by atoms with Gasteiger partial charge in [-0.3, -0.25) is 4.98 Å². The summed E-state index contributed by atoms with van der Waals surface area (Å²) in [4.78, 5) is 4.09. The summed E-state index contributed by atoms with van der Waals surface area (Å²) in [6.07, 6.45) is 4.33. The highest BCUT2D eigenvalue weighted by Crippen LogP contribution is 2.30. The van der Waals surface area contributed by atoms with Gasteiger partial charge in [-0.25, -0.2) is 0 Å². The van der Waals surface area contributed by atoms with E-state index in [4.69, 9.17) is 15.2 Å². The number of rotatable bonds is 5. The van der Waals surface area contributed by atoms with E-state index < -0.39 is 0 Å². The predicted octanol–water partition coefficient (Wildman–Crippen LogP) is 2.34. The first-order valence-corrected chi connectivity index (χ1v) is 6.11. The first-order valence-electron chi connectivity index (χ1n) is 6.11. The molecular weight excluding hydrogens is 240 g/mol. The number of pyridine rings is 1. The maximum atomic E-state index is 6.22. The van der Waals surface area contributed by atoms with Crippen molar-refractivity contribution in [2.24, 2.45) is 5.73 Å². The van der Waals surface area contributed by atoms with Gasteiger partial charge >= 0.3 is 0 Å². The number of methoxy groups -OCH3 is 2. The van der Waals surface area contributed by atoms with Crippen molar-refractivity contribution in [3.05, 3.63) is 53.9 Å². The average Bonchev–Trinajstić information content (AvgIpc) is 2.47. The Morgan fingerprint density at radius 1 is 1.16 bits per heavy atom. The van der Waals surface area contributed by atoms with Crippen LogP contribution in [0.3, 0.4) is 0 Å². The number of nitrogens with two attached hydrogens (primary N) is 1. The van der Waals surface area contributed by atoms with Crippen molar-refractivity contribution < 1.29 is 9.47 Å². The van der Waals surface area contributed by atoms with Gasteiger partial charge in [0.2, 0.25) is 0 Å². The topological polar surface area (TPSA) is 57.4 Å². The van der Waals surface area contributed by atoms with Crippen LogP contribution in [0, 0.1) is 0 Å². The van der Waals surface area contributed by atoms with Gasteiger partial charge in [-0.1, -0.05) is 12.1 Å². The first-order chi connectivity index (χ1) is 9.24. The zero-order valence-electron chi connectivity index (χ0n) is 11.2. The van der Waals surface area contributed by atoms with Gasteiger partial charge < -0.3 is 15.2 Å². The molecule has 0 saturated carbocycles. The van der Waals surface area contributed by atoms with Crippen LogP contribution in [0.15, 0.2) is 42.7 Å². The lowest BCUT2D eigenvalue weighted by atomic mass is 10.0. The first kappa shape index (κ1) is 13.4. The van der Waals surface area contributed by atoms with Crippen LogP contribution in [-0.4, -0.2) is 19.2 Å². The summed E-state index contributed by atoms with van der Waals surface area (Å²) in [5, 5.41) is 0. The monoisotopic (exact) mass is 258 g/mol. The third-order valence-corrected chi connectivity index (χ3v) is 3.01. The van der Waals surface area contributed by atoms with Crippen molar-refractivity contribution in [1.29, 1.82) is 0 Å². The molecule has 1 heterocycles. The third kappa shape index (κ3) is 3.23. The van der Waals surface area contributed by atoms with Crippen molar-refractivity contribution in [3.63, 3.8) is 0 Å². The Balaban J connectivity index is 2.17. The Morgan fingerprint density at radius 3 is 2.58 bits per heavy atom. The van der Waals surface area contributed by atoms with E-state index in [2.05, 4.69) is 4.98 Å². The molecule has 0 bridgehead atoms. The quantitative estimate of drug-likeness (QED) is 0.894. The van der Waals surface area contributed by atoms with Crippen LogP contribution in [0.25, 0.3) is 0 Å². The molecular formula is C15H18N2O2. The van der Waals surface area contributed by atoms with Gasteiger partial charge in [0.1, 0.15) is 0 Å². The Morgan fingerprint density at radius 2 is 1.95 bits per heavy atom. The molecule has 0 fully saturated rings. The van der Waals surface area contributed by atoms with Gasteiger partial charge in [0.05, 0.1) is 14.2 Å². The fourth-order valence-corrected chi connectivity index (χ4v) is 1.97. The zero-order valence-corrected chi connectivity index (χ0v) is 11.2. The zero-order chi connectivity index (χ0) is 13.7. The largest absolute Gasteiger partial charge is 0.493 e. The van der Waals surface area contributed by atoms with Gasteiger partial charge in [0, 0.05) is 18.4 Å². The van der Waals surface area contributed by atoms with Gasteiger partial charge in [-0.15, -0.1) is 0 Å². The van der Waals surface area contributed by atoms with Gasteiger partial charge in [0.15, 0.2) is 11.5 Å². The van der Waals surface area contributed by atoms with Gasteiger partial charge in [-0.05, 0) is 35.7 Å². The van der Waals surface area contributed by atoms with Crippen LogP contribution in [-0.2, 0) is 6.42 Å². The van der Waals surface area contributed by atoms with Crippen LogP contribution in [0.2, 0.25) is 0 Å². The Kier molecular flexibility index (Phi) is 4.36. The van der Waals surface area contributed by atoms with E-state index in [0.29, 0.717) is 11.5 Å². The fourth-order valence-electron chi connectivity index (χ4n) is 1.97. The van der Waals surface area contributed by atoms with Gasteiger partial charge in [-0.2, -0.15) is 0 Å². The summed E-state index contributed by atoms with van der Waals surface area (Å²) in [6.45, 7) is 0. The maximum absolute atomic E-state index is 6.22. The summed E-state index contributed by atoms with van der Waals surface area (Å²) in [7, 11) is 3.24. The summed E-state index contributed by atoms with van der Waals surface area (Å²) < 4.78 is 10.5. The Labute approximate surface area is 113 Å². The Hall–Kier alpha value is -2.07. The van der Waals surface area contributed by atoms with E-state index in [1.54, 1.807) is 20.4 Å². The van der Waals surface area contributed by atoms with Crippen molar-refractivity contribution in [2.45, 2.75) is 12.5 Å². The second-order valence-electron chi connectivity index (χ2n) is 4.29. The highest BCUT2D eigenvalue weighted by molar-refractivity contribution is 5.44. The van der Waals surface area contributed by atoms with E-state index in [9.17, 15) is 0 Å². The highest BCUT2D eigenvalue weighted by Gasteiger charge is 2.11. The molecule has 0 amide bonds. The van der Waals surface area contributed by atoms with Crippen molar-refractivity contribution in [3.8, 4) is 11.5 Å². The molecule has 0 spiro atoms. The molecule has 0 aliphatic heterocycles. The second kappa shape index (κ2) is 6.20. The molecule has 0 radical (unpaired) electrons. The molecule has 0 aliphatic rings. The minimum Gasteiger partial charge on any atom is -0.493 e. The molecule has 1 atom stereocenters. The van der Waals surface area contributed by atoms with Crippen LogP contribution in [0.4, 0.5) is 0 Å². The lowest BCUT2D eigenvalue weighted by Crippen LogP contribution is -2.13. The van der Waals surface area contributed by atoms with E-state index >= 15 is 0 Å². The SMILES string of the molecule is COc1ccc(C(N)Cc2cccnc2)cc1OC. The van der Waals surface area contributed by atoms with Crippen LogP contribution in [0.5, 0.6) is 11.5 Å². The van der Waals surface area contributed by atoms with Gasteiger partial charge in [0.25, 0.3) is 0 Å². The number of aromatic nitrogens is 1. The molecule has 4 nitrogen and oxygen atoms in total. The lowest BCUT2D eigenvalue weighted by molar-refractivity contribution is 0.354. The van der Waals surface area contributed by atoms with E-state index in [0.717, 1.165) is 17.5 Å². The van der Waals surface area contributed by atoms with Crippen LogP contribution >= 0.6 is 0 Å². The number of hydrogen-bond acceptors (Lipinski definition) is 4. The molecule has 2 rings (SSSR count). The molecule has 19 heavy (non-hydrogen) atoms. The predicted molar refractivity (Wildman–Crippen MR) is 74.4 cm³/mol. The molecule has 2 N–H and O–H groups in total. The van der Waals surface area contributed by atoms with Crippen LogP contribution in [0.1, 0.15) is 17.2 Å². The summed E-state index contributed by atoms with van der Waals surface area (Å²) in [5.74, 6) is 1.40. The highest BCUT2D eigenvalue weighted by atomic mass is 16.5. The smallest absolute Gasteiger partial charge is 0.161 e. The van der Waals surface area contributed by atoms with E-state index in [1.807, 2.05) is 36.5 Å². The van der Waals surface area contributed by atoms with Crippen molar-refractivity contribution in [2.75, 3.05) is 14.2 Å². The summed E-state index contributed by atoms with van der Waals surface area (Å²) in [6, 6.07) is 9.59. The molecule has 0 saturated heterocycles. The second-order valence-corrected chi connectivity index (χ2v) is 4.29. The van der Waals surface area contributed by atoms with Crippen LogP contribution < -0.4 is 15.2 Å². The molecule has 1 aromatic heterocycles. The van der Waals surface area contributed by atoms with Crippen molar-refractivity contribution in [1.82, 2.24) is 4.98 Å². The standard InChI is InChI=1S/C15H18N2O2/c1-18-14-6-5-12(9-15(14)19-2)13(16)8-11-4-3-7-17-10-11/h3-7,9-10,13H,8,16H2,1-2H3. The number of hydrogen-bond donors (Lipinski definition) is 1. The molecule has 1 aromatic carbocycles. The molecule has 4 heteroatoms. The van der Waals surface area contributed by atoms with E-state index in [1.165, 1.54) is 0 Å². The number of benzene rings is 1. The molecule has 1 unspecified atom stereocenters. The summed E-state index contributed by atoms with van der Waals surface area (Å²) >= 11 is 0. The number of nitrogens with zero attached hydrogens (tertiary/aromatic N) is 1. The maximum Gasteiger partial charge on any atom is 0.161 e. The number of ether oxygens (including phenoxy) is 2. The van der Waals surface area contributed by atoms with E-state index in [-0.39, 0.29) is 6.04 Å². The Bertz CT molecular complexity index is 529. The minimum absolute atomic E-state index is 0.0935. The molecule has 0 aliphatic carbocycles. The third-order valence-electron chi connectivity index (χ3n) is 3.01. The average molecular weight is 258 g/mol.